The summed E-state index contributed by atoms with van der Waals surface area (Å²) in [6, 6.07) is 5.13. The zero-order chi connectivity index (χ0) is 13.0. The largest absolute Gasteiger partial charge is 0.494 e. The Morgan fingerprint density at radius 1 is 1.44 bits per heavy atom. The van der Waals surface area contributed by atoms with Gasteiger partial charge in [-0.05, 0) is 56.0 Å². The topological polar surface area (TPSA) is 47.3 Å². The number of hydrogen-bond donors (Lipinski definition) is 2. The molecule has 0 aliphatic carbocycles. The molecule has 3 N–H and O–H groups in total. The molecule has 3 nitrogen and oxygen atoms in total. The fourth-order valence-electron chi connectivity index (χ4n) is 2.54. The van der Waals surface area contributed by atoms with Gasteiger partial charge < -0.3 is 15.8 Å². The molecule has 1 saturated heterocycles. The molecule has 1 aromatic carbocycles. The second-order valence-corrected chi connectivity index (χ2v) is 4.92. The summed E-state index contributed by atoms with van der Waals surface area (Å²) in [4.78, 5) is 0. The van der Waals surface area contributed by atoms with Crippen LogP contribution in [-0.4, -0.2) is 26.2 Å². The predicted octanol–water partition coefficient (Wildman–Crippen LogP) is 1.70. The number of halogens is 1. The van der Waals surface area contributed by atoms with Crippen LogP contribution in [0.2, 0.25) is 0 Å². The van der Waals surface area contributed by atoms with E-state index in [0.29, 0.717) is 11.7 Å². The molecule has 0 aromatic heterocycles. The van der Waals surface area contributed by atoms with Crippen LogP contribution in [0.3, 0.4) is 0 Å². The zero-order valence-corrected chi connectivity index (χ0v) is 10.8. The van der Waals surface area contributed by atoms with E-state index in [1.165, 1.54) is 13.2 Å². The molecule has 1 atom stereocenters. The Hall–Kier alpha value is -1.13. The molecule has 0 radical (unpaired) electrons. The van der Waals surface area contributed by atoms with Crippen molar-refractivity contribution in [2.75, 3.05) is 20.2 Å². The van der Waals surface area contributed by atoms with E-state index in [-0.39, 0.29) is 11.9 Å². The molecular weight excluding hydrogens is 231 g/mol. The number of rotatable bonds is 4. The van der Waals surface area contributed by atoms with Gasteiger partial charge in [-0.1, -0.05) is 6.07 Å². The van der Waals surface area contributed by atoms with Crippen LogP contribution in [0.4, 0.5) is 4.39 Å². The molecule has 1 aliphatic rings. The number of ether oxygens (including phenoxy) is 1. The summed E-state index contributed by atoms with van der Waals surface area (Å²) in [5.74, 6) is 0.531. The van der Waals surface area contributed by atoms with E-state index in [4.69, 9.17) is 10.5 Å². The third-order valence-corrected chi connectivity index (χ3v) is 3.68. The van der Waals surface area contributed by atoms with E-state index in [0.717, 1.165) is 37.9 Å². The molecule has 1 heterocycles. The van der Waals surface area contributed by atoms with Crippen LogP contribution in [0.15, 0.2) is 18.2 Å². The maximum Gasteiger partial charge on any atom is 0.165 e. The number of piperidine rings is 1. The number of nitrogens with one attached hydrogen (secondary N) is 1. The standard InChI is InChI=1S/C14H21FN2O/c1-18-14-9-10(2-3-12(14)15)8-13(16)11-4-6-17-7-5-11/h2-3,9,11,13,17H,4-8,16H2,1H3. The minimum atomic E-state index is -0.323. The highest BCUT2D eigenvalue weighted by Crippen LogP contribution is 2.22. The fraction of sp³-hybridized carbons (Fsp3) is 0.571. The van der Waals surface area contributed by atoms with E-state index >= 15 is 0 Å². The zero-order valence-electron chi connectivity index (χ0n) is 10.8. The van der Waals surface area contributed by atoms with Gasteiger partial charge in [0.25, 0.3) is 0 Å². The molecule has 2 rings (SSSR count). The lowest BCUT2D eigenvalue weighted by Crippen LogP contribution is -2.39. The number of methoxy groups -OCH3 is 1. The minimum absolute atomic E-state index is 0.141. The van der Waals surface area contributed by atoms with E-state index < -0.39 is 0 Å². The minimum Gasteiger partial charge on any atom is -0.494 e. The van der Waals surface area contributed by atoms with Crippen LogP contribution in [0.5, 0.6) is 5.75 Å². The fourth-order valence-corrected chi connectivity index (χ4v) is 2.54. The van der Waals surface area contributed by atoms with E-state index in [1.807, 2.05) is 0 Å². The van der Waals surface area contributed by atoms with Crippen LogP contribution in [0.25, 0.3) is 0 Å². The van der Waals surface area contributed by atoms with Crippen LogP contribution < -0.4 is 15.8 Å². The highest BCUT2D eigenvalue weighted by atomic mass is 19.1. The van der Waals surface area contributed by atoms with Crippen LogP contribution in [0, 0.1) is 11.7 Å². The molecule has 1 unspecified atom stereocenters. The van der Waals surface area contributed by atoms with E-state index in [2.05, 4.69) is 5.32 Å². The smallest absolute Gasteiger partial charge is 0.165 e. The summed E-state index contributed by atoms with van der Waals surface area (Å²) in [5.41, 5.74) is 7.29. The van der Waals surface area contributed by atoms with Crippen molar-refractivity contribution in [1.29, 1.82) is 0 Å². The Balaban J connectivity index is 1.99. The van der Waals surface area contributed by atoms with Gasteiger partial charge in [0.15, 0.2) is 11.6 Å². The van der Waals surface area contributed by atoms with Gasteiger partial charge in [-0.3, -0.25) is 0 Å². The first-order valence-electron chi connectivity index (χ1n) is 6.49. The highest BCUT2D eigenvalue weighted by Gasteiger charge is 2.20. The maximum absolute atomic E-state index is 13.3. The van der Waals surface area contributed by atoms with E-state index in [9.17, 15) is 4.39 Å². The Morgan fingerprint density at radius 2 is 2.17 bits per heavy atom. The molecule has 0 spiro atoms. The summed E-state index contributed by atoms with van der Waals surface area (Å²) in [6.07, 6.45) is 3.03. The number of nitrogens with two attached hydrogens (primary N) is 1. The third-order valence-electron chi connectivity index (χ3n) is 3.68. The van der Waals surface area contributed by atoms with E-state index in [1.54, 1.807) is 12.1 Å². The maximum atomic E-state index is 13.3. The molecule has 1 aliphatic heterocycles. The van der Waals surface area contributed by atoms with Gasteiger partial charge in [0.1, 0.15) is 0 Å². The van der Waals surface area contributed by atoms with Gasteiger partial charge in [0, 0.05) is 6.04 Å². The van der Waals surface area contributed by atoms with Crippen molar-refractivity contribution in [3.05, 3.63) is 29.6 Å². The van der Waals surface area contributed by atoms with Gasteiger partial charge in [-0.15, -0.1) is 0 Å². The van der Waals surface area contributed by atoms with Crippen molar-refractivity contribution in [3.8, 4) is 5.75 Å². The number of benzene rings is 1. The Bertz CT molecular complexity index is 391. The molecule has 1 fully saturated rings. The van der Waals surface area contributed by atoms with Crippen molar-refractivity contribution in [3.63, 3.8) is 0 Å². The van der Waals surface area contributed by atoms with Gasteiger partial charge >= 0.3 is 0 Å². The van der Waals surface area contributed by atoms with Gasteiger partial charge in [0.2, 0.25) is 0 Å². The second kappa shape index (κ2) is 6.16. The predicted molar refractivity (Wildman–Crippen MR) is 70.2 cm³/mol. The second-order valence-electron chi connectivity index (χ2n) is 4.92. The Kier molecular flexibility index (Phi) is 4.55. The normalized spacial score (nSPS) is 18.6. The van der Waals surface area contributed by atoms with Crippen LogP contribution in [0.1, 0.15) is 18.4 Å². The van der Waals surface area contributed by atoms with Gasteiger partial charge in [-0.2, -0.15) is 0 Å². The quantitative estimate of drug-likeness (QED) is 0.857. The molecule has 0 amide bonds. The lowest BCUT2D eigenvalue weighted by Gasteiger charge is -2.28. The summed E-state index contributed by atoms with van der Waals surface area (Å²) >= 11 is 0. The molecule has 0 saturated carbocycles. The summed E-state index contributed by atoms with van der Waals surface area (Å²) in [7, 11) is 1.48. The molecule has 0 bridgehead atoms. The Morgan fingerprint density at radius 3 is 2.83 bits per heavy atom. The average Bonchev–Trinajstić information content (AvgIpc) is 2.42. The molecule has 18 heavy (non-hydrogen) atoms. The summed E-state index contributed by atoms with van der Waals surface area (Å²) in [5, 5.41) is 3.33. The van der Waals surface area contributed by atoms with Crippen LogP contribution in [-0.2, 0) is 6.42 Å². The first-order valence-corrected chi connectivity index (χ1v) is 6.49. The first kappa shape index (κ1) is 13.3. The lowest BCUT2D eigenvalue weighted by atomic mass is 9.87. The number of hydrogen-bond acceptors (Lipinski definition) is 3. The molecule has 4 heteroatoms. The molecular formula is C14H21FN2O. The van der Waals surface area contributed by atoms with Crippen molar-refractivity contribution >= 4 is 0 Å². The van der Waals surface area contributed by atoms with Gasteiger partial charge in [-0.25, -0.2) is 4.39 Å². The summed E-state index contributed by atoms with van der Waals surface area (Å²) in [6.45, 7) is 2.09. The lowest BCUT2D eigenvalue weighted by molar-refractivity contribution is 0.316. The third kappa shape index (κ3) is 3.21. The van der Waals surface area contributed by atoms with Crippen molar-refractivity contribution in [2.24, 2.45) is 11.7 Å². The van der Waals surface area contributed by atoms with Crippen LogP contribution >= 0.6 is 0 Å². The first-order chi connectivity index (χ1) is 8.70. The van der Waals surface area contributed by atoms with Crippen molar-refractivity contribution in [2.45, 2.75) is 25.3 Å². The van der Waals surface area contributed by atoms with Gasteiger partial charge in [0.05, 0.1) is 7.11 Å². The Labute approximate surface area is 108 Å². The SMILES string of the molecule is COc1cc(CC(N)C2CCNCC2)ccc1F. The molecule has 1 aromatic rings. The monoisotopic (exact) mass is 252 g/mol. The molecule has 100 valence electrons. The highest BCUT2D eigenvalue weighted by molar-refractivity contribution is 5.30. The van der Waals surface area contributed by atoms with Crippen molar-refractivity contribution in [1.82, 2.24) is 5.32 Å². The van der Waals surface area contributed by atoms with Crippen molar-refractivity contribution < 1.29 is 9.13 Å². The average molecular weight is 252 g/mol. The summed E-state index contributed by atoms with van der Waals surface area (Å²) < 4.78 is 18.3.